The van der Waals surface area contributed by atoms with Crippen molar-refractivity contribution in [2.24, 2.45) is 0 Å². The second kappa shape index (κ2) is 7.11. The van der Waals surface area contributed by atoms with Crippen LogP contribution in [0.4, 0.5) is 0 Å². The SMILES string of the molecule is Cc1ncccc1C#Cc1ccc2c(=O)n3c(nc2c1)CCC1(CC3)OCCO1. The van der Waals surface area contributed by atoms with E-state index in [-0.39, 0.29) is 5.56 Å². The van der Waals surface area contributed by atoms with Crippen LogP contribution in [0, 0.1) is 18.8 Å². The molecule has 0 bridgehead atoms. The van der Waals surface area contributed by atoms with Gasteiger partial charge in [-0.2, -0.15) is 0 Å². The Morgan fingerprint density at radius 1 is 1.14 bits per heavy atom. The first-order valence-electron chi connectivity index (χ1n) is 9.89. The minimum Gasteiger partial charge on any atom is -0.347 e. The van der Waals surface area contributed by atoms with Crippen LogP contribution < -0.4 is 5.56 Å². The molecule has 6 heteroatoms. The van der Waals surface area contributed by atoms with Gasteiger partial charge >= 0.3 is 0 Å². The molecule has 0 amide bonds. The van der Waals surface area contributed by atoms with E-state index in [0.717, 1.165) is 22.6 Å². The van der Waals surface area contributed by atoms with E-state index in [1.807, 2.05) is 37.3 Å². The Morgan fingerprint density at radius 3 is 2.83 bits per heavy atom. The molecular weight excluding hydrogens is 366 g/mol. The second-order valence-corrected chi connectivity index (χ2v) is 7.46. The Balaban J connectivity index is 1.52. The number of hydrogen-bond donors (Lipinski definition) is 0. The van der Waals surface area contributed by atoms with Gasteiger partial charge in [0.1, 0.15) is 5.82 Å². The summed E-state index contributed by atoms with van der Waals surface area (Å²) in [5.74, 6) is 6.54. The average Bonchev–Trinajstić information content (AvgIpc) is 3.12. The van der Waals surface area contributed by atoms with Crippen molar-refractivity contribution in [3.05, 3.63) is 69.5 Å². The summed E-state index contributed by atoms with van der Waals surface area (Å²) >= 11 is 0. The molecule has 146 valence electrons. The lowest BCUT2D eigenvalue weighted by Crippen LogP contribution is -2.31. The van der Waals surface area contributed by atoms with E-state index in [1.165, 1.54) is 0 Å². The number of rotatable bonds is 0. The van der Waals surface area contributed by atoms with Crippen LogP contribution in [0.5, 0.6) is 0 Å². The van der Waals surface area contributed by atoms with Gasteiger partial charge in [0.2, 0.25) is 0 Å². The molecule has 5 rings (SSSR count). The van der Waals surface area contributed by atoms with Crippen molar-refractivity contribution in [2.45, 2.75) is 38.5 Å². The van der Waals surface area contributed by atoms with Crippen molar-refractivity contribution in [3.8, 4) is 11.8 Å². The number of aryl methyl sites for hydroxylation is 2. The van der Waals surface area contributed by atoms with Gasteiger partial charge < -0.3 is 9.47 Å². The van der Waals surface area contributed by atoms with Crippen molar-refractivity contribution in [1.29, 1.82) is 0 Å². The van der Waals surface area contributed by atoms with E-state index < -0.39 is 5.79 Å². The van der Waals surface area contributed by atoms with Crippen LogP contribution in [0.15, 0.2) is 41.3 Å². The summed E-state index contributed by atoms with van der Waals surface area (Å²) in [4.78, 5) is 22.1. The Morgan fingerprint density at radius 2 is 2.00 bits per heavy atom. The van der Waals surface area contributed by atoms with Gasteiger partial charge in [-0.15, -0.1) is 0 Å². The molecule has 0 unspecified atom stereocenters. The third kappa shape index (κ3) is 3.33. The Hall–Kier alpha value is -3.01. The van der Waals surface area contributed by atoms with Gasteiger partial charge in [-0.25, -0.2) is 4.98 Å². The zero-order chi connectivity index (χ0) is 19.8. The van der Waals surface area contributed by atoms with Crippen molar-refractivity contribution >= 4 is 10.9 Å². The number of hydrogen-bond acceptors (Lipinski definition) is 5. The van der Waals surface area contributed by atoms with Crippen LogP contribution >= 0.6 is 0 Å². The molecule has 0 saturated carbocycles. The molecule has 0 aliphatic carbocycles. The molecule has 29 heavy (non-hydrogen) atoms. The van der Waals surface area contributed by atoms with Gasteiger partial charge in [0.25, 0.3) is 5.56 Å². The zero-order valence-electron chi connectivity index (χ0n) is 16.3. The van der Waals surface area contributed by atoms with Gasteiger partial charge in [-0.05, 0) is 37.3 Å². The molecule has 4 heterocycles. The van der Waals surface area contributed by atoms with Gasteiger partial charge in [0.05, 0.1) is 29.8 Å². The quantitative estimate of drug-likeness (QED) is 0.555. The third-order valence-corrected chi connectivity index (χ3v) is 5.64. The molecule has 0 radical (unpaired) electrons. The van der Waals surface area contributed by atoms with E-state index >= 15 is 0 Å². The summed E-state index contributed by atoms with van der Waals surface area (Å²) in [6.07, 6.45) is 3.78. The monoisotopic (exact) mass is 387 g/mol. The lowest BCUT2D eigenvalue weighted by Gasteiger charge is -2.24. The van der Waals surface area contributed by atoms with E-state index in [1.54, 1.807) is 10.8 Å². The van der Waals surface area contributed by atoms with Crippen LogP contribution in [-0.2, 0) is 22.4 Å². The van der Waals surface area contributed by atoms with Crippen LogP contribution in [0.2, 0.25) is 0 Å². The predicted molar refractivity (Wildman–Crippen MR) is 109 cm³/mol. The molecule has 2 aliphatic heterocycles. The highest BCUT2D eigenvalue weighted by Gasteiger charge is 2.38. The van der Waals surface area contributed by atoms with Gasteiger partial charge in [0, 0.05) is 43.1 Å². The van der Waals surface area contributed by atoms with Crippen molar-refractivity contribution in [3.63, 3.8) is 0 Å². The fraction of sp³-hybridized carbons (Fsp3) is 0.348. The average molecular weight is 387 g/mol. The lowest BCUT2D eigenvalue weighted by atomic mass is 10.1. The van der Waals surface area contributed by atoms with Crippen LogP contribution in [0.3, 0.4) is 0 Å². The maximum Gasteiger partial charge on any atom is 0.261 e. The van der Waals surface area contributed by atoms with Crippen LogP contribution in [0.25, 0.3) is 10.9 Å². The van der Waals surface area contributed by atoms with E-state index in [2.05, 4.69) is 16.8 Å². The number of aromatic nitrogens is 3. The molecule has 2 aromatic heterocycles. The largest absolute Gasteiger partial charge is 0.347 e. The molecule has 1 aromatic carbocycles. The van der Waals surface area contributed by atoms with E-state index in [4.69, 9.17) is 14.5 Å². The Labute approximate surface area is 168 Å². The minimum absolute atomic E-state index is 0.0114. The highest BCUT2D eigenvalue weighted by Crippen LogP contribution is 2.31. The maximum absolute atomic E-state index is 13.1. The summed E-state index contributed by atoms with van der Waals surface area (Å²) in [5.41, 5.74) is 3.28. The lowest BCUT2D eigenvalue weighted by molar-refractivity contribution is -0.165. The minimum atomic E-state index is -0.565. The topological polar surface area (TPSA) is 66.2 Å². The summed E-state index contributed by atoms with van der Waals surface area (Å²) in [6, 6.07) is 9.41. The summed E-state index contributed by atoms with van der Waals surface area (Å²) in [6.45, 7) is 3.71. The predicted octanol–water partition coefficient (Wildman–Crippen LogP) is 2.58. The van der Waals surface area contributed by atoms with Crippen molar-refractivity contribution < 1.29 is 9.47 Å². The van der Waals surface area contributed by atoms with E-state index in [9.17, 15) is 4.79 Å². The Bertz CT molecular complexity index is 1210. The highest BCUT2D eigenvalue weighted by atomic mass is 16.7. The maximum atomic E-state index is 13.1. The smallest absolute Gasteiger partial charge is 0.261 e. The summed E-state index contributed by atoms with van der Waals surface area (Å²) in [7, 11) is 0. The Kier molecular flexibility index (Phi) is 4.42. The molecule has 0 N–H and O–H groups in total. The fourth-order valence-corrected chi connectivity index (χ4v) is 4.02. The first-order valence-corrected chi connectivity index (χ1v) is 9.89. The van der Waals surface area contributed by atoms with Crippen molar-refractivity contribution in [2.75, 3.05) is 13.2 Å². The zero-order valence-corrected chi connectivity index (χ0v) is 16.3. The van der Waals surface area contributed by atoms with Gasteiger partial charge in [-0.3, -0.25) is 14.3 Å². The van der Waals surface area contributed by atoms with E-state index in [0.29, 0.717) is 49.9 Å². The second-order valence-electron chi connectivity index (χ2n) is 7.46. The molecule has 1 fully saturated rings. The van der Waals surface area contributed by atoms with Gasteiger partial charge in [-0.1, -0.05) is 11.8 Å². The molecule has 2 aliphatic rings. The molecule has 1 spiro atoms. The molecule has 6 nitrogen and oxygen atoms in total. The first kappa shape index (κ1) is 18.0. The first-order chi connectivity index (χ1) is 14.1. The molecule has 1 saturated heterocycles. The van der Waals surface area contributed by atoms with Crippen molar-refractivity contribution in [1.82, 2.24) is 14.5 Å². The number of benzene rings is 1. The highest BCUT2D eigenvalue weighted by molar-refractivity contribution is 5.79. The van der Waals surface area contributed by atoms with Crippen LogP contribution in [-0.4, -0.2) is 33.5 Å². The fourth-order valence-electron chi connectivity index (χ4n) is 4.02. The number of pyridine rings is 1. The summed E-state index contributed by atoms with van der Waals surface area (Å²) in [5, 5.41) is 0.612. The van der Waals surface area contributed by atoms with Gasteiger partial charge in [0.15, 0.2) is 5.79 Å². The third-order valence-electron chi connectivity index (χ3n) is 5.64. The number of fused-ring (bicyclic) bond motifs is 2. The molecule has 0 atom stereocenters. The molecule has 3 aromatic rings. The number of ether oxygens (including phenoxy) is 2. The normalized spacial score (nSPS) is 17.6. The molecular formula is C23H21N3O3. The standard InChI is InChI=1S/C23H21N3O3/c1-16-18(3-2-11-24-16)6-4-17-5-7-19-20(15-17)25-21-8-9-23(28-13-14-29-23)10-12-26(21)22(19)27/h2-3,5,7,11,15H,8-10,12-14H2,1H3. The number of nitrogens with zero attached hydrogens (tertiary/aromatic N) is 3. The van der Waals surface area contributed by atoms with Crippen LogP contribution in [0.1, 0.15) is 35.5 Å². The summed E-state index contributed by atoms with van der Waals surface area (Å²) < 4.78 is 13.5.